The fourth-order valence-corrected chi connectivity index (χ4v) is 8.83. The molecule has 0 atom stereocenters. The van der Waals surface area contributed by atoms with Crippen molar-refractivity contribution in [2.75, 3.05) is 0 Å². The van der Waals surface area contributed by atoms with Crippen LogP contribution in [0.5, 0.6) is 0 Å². The molecule has 0 radical (unpaired) electrons. The van der Waals surface area contributed by atoms with Crippen molar-refractivity contribution in [1.82, 2.24) is 0 Å². The Morgan fingerprint density at radius 2 is 0.607 bits per heavy atom. The molecule has 0 spiro atoms. The average Bonchev–Trinajstić information content (AvgIpc) is 3.15. The van der Waals surface area contributed by atoms with Crippen molar-refractivity contribution in [2.24, 2.45) is 17.3 Å². The van der Waals surface area contributed by atoms with E-state index in [1.165, 1.54) is 51.4 Å². The molecule has 0 heterocycles. The van der Waals surface area contributed by atoms with E-state index in [1.54, 1.807) is 0 Å². The molecular weight excluding hydrogens is 705 g/mol. The van der Waals surface area contributed by atoms with Gasteiger partial charge in [-0.25, -0.2) is 19.6 Å². The Labute approximate surface area is 347 Å². The number of rotatable bonds is 31. The SMILES string of the molecule is CCCCCC(C)(C)OOC1(OOC(C)(C)CCCCC)CCC(C(C)(CC)C2CCC(OOC(C)(C)CCCCC)(OOC(C)(C)CCCCC)CC2)CC1. The zero-order valence-electron chi connectivity index (χ0n) is 39.6. The van der Waals surface area contributed by atoms with Gasteiger partial charge < -0.3 is 0 Å². The van der Waals surface area contributed by atoms with Gasteiger partial charge in [0.25, 0.3) is 0 Å². The topological polar surface area (TPSA) is 73.8 Å². The number of hydrogen-bond donors (Lipinski definition) is 0. The minimum atomic E-state index is -0.929. The maximum Gasteiger partial charge on any atom is 0.234 e. The van der Waals surface area contributed by atoms with Gasteiger partial charge in [0.1, 0.15) is 0 Å². The van der Waals surface area contributed by atoms with Crippen molar-refractivity contribution < 1.29 is 39.1 Å². The predicted octanol–water partition coefficient (Wildman–Crippen LogP) is 15.4. The lowest BCUT2D eigenvalue weighted by atomic mass is 9.58. The van der Waals surface area contributed by atoms with Crippen LogP contribution in [0.25, 0.3) is 0 Å². The molecule has 56 heavy (non-hydrogen) atoms. The maximum atomic E-state index is 6.42. The summed E-state index contributed by atoms with van der Waals surface area (Å²) in [5, 5.41) is 0. The van der Waals surface area contributed by atoms with Crippen LogP contribution in [-0.2, 0) is 39.1 Å². The van der Waals surface area contributed by atoms with Crippen LogP contribution < -0.4 is 0 Å². The molecule has 8 nitrogen and oxygen atoms in total. The summed E-state index contributed by atoms with van der Waals surface area (Å²) in [6.07, 6.45) is 25.7. The first-order valence-electron chi connectivity index (χ1n) is 23.7. The van der Waals surface area contributed by atoms with Gasteiger partial charge in [-0.3, -0.25) is 0 Å². The van der Waals surface area contributed by atoms with Gasteiger partial charge in [-0.2, -0.15) is 19.6 Å². The van der Waals surface area contributed by atoms with E-state index in [0.717, 1.165) is 109 Å². The third-order valence-corrected chi connectivity index (χ3v) is 13.3. The average molecular weight is 799 g/mol. The van der Waals surface area contributed by atoms with Crippen molar-refractivity contribution in [3.8, 4) is 0 Å². The first kappa shape index (κ1) is 51.8. The molecule has 8 heteroatoms. The van der Waals surface area contributed by atoms with Gasteiger partial charge in [-0.05, 0) is 124 Å². The minimum Gasteiger partial charge on any atom is -0.228 e. The molecule has 0 saturated heterocycles. The van der Waals surface area contributed by atoms with Gasteiger partial charge in [-0.1, -0.05) is 125 Å². The Morgan fingerprint density at radius 3 is 0.804 bits per heavy atom. The molecule has 334 valence electrons. The highest BCUT2D eigenvalue weighted by Crippen LogP contribution is 2.55. The van der Waals surface area contributed by atoms with Gasteiger partial charge in [0.2, 0.25) is 11.6 Å². The summed E-state index contributed by atoms with van der Waals surface area (Å²) < 4.78 is 0. The fourth-order valence-electron chi connectivity index (χ4n) is 8.83. The molecule has 0 amide bonds. The van der Waals surface area contributed by atoms with Crippen molar-refractivity contribution in [3.05, 3.63) is 0 Å². The summed E-state index contributed by atoms with van der Waals surface area (Å²) in [6.45, 7) is 30.8. The zero-order valence-corrected chi connectivity index (χ0v) is 39.6. The highest BCUT2D eigenvalue weighted by Gasteiger charge is 2.52. The van der Waals surface area contributed by atoms with Crippen LogP contribution in [-0.4, -0.2) is 34.0 Å². The van der Waals surface area contributed by atoms with Gasteiger partial charge in [0.05, 0.1) is 22.4 Å². The highest BCUT2D eigenvalue weighted by atomic mass is 17.3. The smallest absolute Gasteiger partial charge is 0.228 e. The molecule has 0 aromatic heterocycles. The van der Waals surface area contributed by atoms with Gasteiger partial charge in [0, 0.05) is 25.7 Å². The van der Waals surface area contributed by atoms with Crippen LogP contribution in [0.1, 0.15) is 257 Å². The fraction of sp³-hybridized carbons (Fsp3) is 1.00. The van der Waals surface area contributed by atoms with E-state index in [0.29, 0.717) is 11.8 Å². The summed E-state index contributed by atoms with van der Waals surface area (Å²) in [5.41, 5.74) is -1.48. The summed E-state index contributed by atoms with van der Waals surface area (Å²) in [6, 6.07) is 0. The zero-order chi connectivity index (χ0) is 42.0. The normalized spacial score (nSPS) is 19.2. The quantitative estimate of drug-likeness (QED) is 0.0297. The van der Waals surface area contributed by atoms with E-state index < -0.39 is 34.0 Å². The first-order chi connectivity index (χ1) is 26.3. The number of unbranched alkanes of at least 4 members (excludes halogenated alkanes) is 8. The van der Waals surface area contributed by atoms with Crippen LogP contribution in [0, 0.1) is 17.3 Å². The van der Waals surface area contributed by atoms with Crippen molar-refractivity contribution in [1.29, 1.82) is 0 Å². The van der Waals surface area contributed by atoms with Crippen LogP contribution in [0.2, 0.25) is 0 Å². The van der Waals surface area contributed by atoms with Crippen LogP contribution in [0.4, 0.5) is 0 Å². The first-order valence-corrected chi connectivity index (χ1v) is 23.7. The Kier molecular flexibility index (Phi) is 22.4. The van der Waals surface area contributed by atoms with E-state index in [2.05, 4.69) is 96.9 Å². The van der Waals surface area contributed by atoms with E-state index in [-0.39, 0.29) is 5.41 Å². The highest BCUT2D eigenvalue weighted by molar-refractivity contribution is 4.95. The Morgan fingerprint density at radius 1 is 0.375 bits per heavy atom. The summed E-state index contributed by atoms with van der Waals surface area (Å²) in [5.74, 6) is -0.822. The molecule has 0 aromatic carbocycles. The molecule has 0 N–H and O–H groups in total. The molecule has 0 bridgehead atoms. The van der Waals surface area contributed by atoms with E-state index >= 15 is 0 Å². The Hall–Kier alpha value is -0.320. The minimum absolute atomic E-state index is 0.138. The number of hydrogen-bond acceptors (Lipinski definition) is 8. The van der Waals surface area contributed by atoms with Crippen molar-refractivity contribution in [3.63, 3.8) is 0 Å². The largest absolute Gasteiger partial charge is 0.234 e. The van der Waals surface area contributed by atoms with Crippen LogP contribution >= 0.6 is 0 Å². The molecule has 2 aliphatic rings. The van der Waals surface area contributed by atoms with Gasteiger partial charge in [0.15, 0.2) is 0 Å². The standard InChI is InChI=1S/C48H94O8/c1-15-20-24-32-42(6,7)49-53-47(54-50-43(8,9)33-25-21-16-2)36-28-40(29-37-47)46(14,19-5)41-30-38-48(39-31-41,55-51-44(10,11)34-26-22-17-3)56-52-45(12,13)35-27-23-18-4/h40-41H,15-39H2,1-14H3. The molecule has 0 aromatic rings. The van der Waals surface area contributed by atoms with Crippen LogP contribution in [0.15, 0.2) is 0 Å². The molecule has 2 rings (SSSR count). The lowest BCUT2D eigenvalue weighted by Crippen LogP contribution is -2.49. The van der Waals surface area contributed by atoms with Gasteiger partial charge in [-0.15, -0.1) is 0 Å². The van der Waals surface area contributed by atoms with Crippen molar-refractivity contribution >= 4 is 0 Å². The second kappa shape index (κ2) is 24.2. The third kappa shape index (κ3) is 18.1. The third-order valence-electron chi connectivity index (χ3n) is 13.3. The predicted molar refractivity (Wildman–Crippen MR) is 229 cm³/mol. The lowest BCUT2D eigenvalue weighted by molar-refractivity contribution is -0.550. The molecule has 0 unspecified atom stereocenters. The van der Waals surface area contributed by atoms with Gasteiger partial charge >= 0.3 is 0 Å². The Balaban J connectivity index is 2.21. The molecule has 2 aliphatic carbocycles. The lowest BCUT2D eigenvalue weighted by Gasteiger charge is -2.51. The maximum absolute atomic E-state index is 6.42. The summed E-state index contributed by atoms with van der Waals surface area (Å²) in [7, 11) is 0. The molecule has 2 fully saturated rings. The van der Waals surface area contributed by atoms with E-state index in [4.69, 9.17) is 39.1 Å². The monoisotopic (exact) mass is 799 g/mol. The van der Waals surface area contributed by atoms with E-state index in [9.17, 15) is 0 Å². The molecular formula is C48H94O8. The second-order valence-corrected chi connectivity index (χ2v) is 20.8. The Bertz CT molecular complexity index is 890. The summed E-state index contributed by atoms with van der Waals surface area (Å²) in [4.78, 5) is 50.7. The summed E-state index contributed by atoms with van der Waals surface area (Å²) >= 11 is 0. The van der Waals surface area contributed by atoms with Crippen molar-refractivity contribution in [2.45, 2.75) is 291 Å². The molecule has 2 saturated carbocycles. The van der Waals surface area contributed by atoms with Crippen LogP contribution in [0.3, 0.4) is 0 Å². The van der Waals surface area contributed by atoms with E-state index in [1.807, 2.05) is 0 Å². The molecule has 0 aliphatic heterocycles. The second-order valence-electron chi connectivity index (χ2n) is 20.8.